The number of carboxylic acid groups (broad SMARTS) is 1. The monoisotopic (exact) mass is 387 g/mol. The van der Waals surface area contributed by atoms with Crippen molar-refractivity contribution in [1.29, 1.82) is 0 Å². The molecular weight excluding hydrogens is 362 g/mol. The molecule has 1 N–H and O–H groups in total. The second kappa shape index (κ2) is 9.34. The van der Waals surface area contributed by atoms with Gasteiger partial charge in [-0.1, -0.05) is 5.16 Å². The molecule has 0 aliphatic carbocycles. The van der Waals surface area contributed by atoms with Gasteiger partial charge in [-0.05, 0) is 49.4 Å². The van der Waals surface area contributed by atoms with Crippen LogP contribution in [0.4, 0.5) is 0 Å². The molecule has 0 saturated carbocycles. The number of likely N-dealkylation sites (tertiary alicyclic amines) is 1. The van der Waals surface area contributed by atoms with Gasteiger partial charge in [0.2, 0.25) is 17.6 Å². The van der Waals surface area contributed by atoms with E-state index in [9.17, 15) is 9.59 Å². The highest BCUT2D eigenvalue weighted by Crippen LogP contribution is 2.23. The minimum Gasteiger partial charge on any atom is -0.497 e. The number of aliphatic carboxylic acids is 1. The van der Waals surface area contributed by atoms with Gasteiger partial charge < -0.3 is 19.3 Å². The molecule has 1 aliphatic rings. The Balaban J connectivity index is 1.50. The molecule has 1 aliphatic heterocycles. The normalized spacial score (nSPS) is 16.8. The van der Waals surface area contributed by atoms with E-state index < -0.39 is 5.97 Å². The maximum atomic E-state index is 12.5. The van der Waals surface area contributed by atoms with Crippen LogP contribution in [0.3, 0.4) is 0 Å². The number of ether oxygens (including phenoxy) is 1. The van der Waals surface area contributed by atoms with Gasteiger partial charge in [0.25, 0.3) is 0 Å². The van der Waals surface area contributed by atoms with Gasteiger partial charge in [0.1, 0.15) is 5.75 Å². The summed E-state index contributed by atoms with van der Waals surface area (Å²) in [7, 11) is 1.61. The van der Waals surface area contributed by atoms with Crippen molar-refractivity contribution in [2.45, 2.75) is 38.5 Å². The van der Waals surface area contributed by atoms with Crippen molar-refractivity contribution in [3.8, 4) is 17.1 Å². The molecular formula is C20H25N3O5. The van der Waals surface area contributed by atoms with Crippen LogP contribution in [0.15, 0.2) is 28.8 Å². The Morgan fingerprint density at radius 1 is 1.29 bits per heavy atom. The fraction of sp³-hybridized carbons (Fsp3) is 0.500. The highest BCUT2D eigenvalue weighted by Gasteiger charge is 2.24. The minimum absolute atomic E-state index is 0.0456. The van der Waals surface area contributed by atoms with Crippen LogP contribution in [0.5, 0.6) is 5.75 Å². The highest BCUT2D eigenvalue weighted by atomic mass is 16.5. The van der Waals surface area contributed by atoms with Crippen LogP contribution in [-0.2, 0) is 16.0 Å². The molecule has 2 aromatic rings. The molecule has 1 amide bonds. The molecule has 150 valence electrons. The van der Waals surface area contributed by atoms with Gasteiger partial charge in [-0.15, -0.1) is 0 Å². The molecule has 1 saturated heterocycles. The largest absolute Gasteiger partial charge is 0.497 e. The lowest BCUT2D eigenvalue weighted by Crippen LogP contribution is -2.40. The molecule has 28 heavy (non-hydrogen) atoms. The molecule has 0 spiro atoms. The number of aryl methyl sites for hydroxylation is 1. The predicted molar refractivity (Wildman–Crippen MR) is 101 cm³/mol. The number of amides is 1. The maximum absolute atomic E-state index is 12.5. The van der Waals surface area contributed by atoms with Gasteiger partial charge in [0.15, 0.2) is 0 Å². The second-order valence-electron chi connectivity index (χ2n) is 7.02. The Bertz CT molecular complexity index is 802. The number of rotatable bonds is 8. The van der Waals surface area contributed by atoms with E-state index in [2.05, 4.69) is 10.1 Å². The third kappa shape index (κ3) is 5.31. The van der Waals surface area contributed by atoms with Crippen LogP contribution >= 0.6 is 0 Å². The first kappa shape index (κ1) is 19.9. The third-order valence-corrected chi connectivity index (χ3v) is 5.01. The Kier molecular flexibility index (Phi) is 6.62. The summed E-state index contributed by atoms with van der Waals surface area (Å²) in [6.07, 6.45) is 3.36. The molecule has 8 nitrogen and oxygen atoms in total. The van der Waals surface area contributed by atoms with E-state index in [1.54, 1.807) is 7.11 Å². The van der Waals surface area contributed by atoms with E-state index in [1.807, 2.05) is 29.2 Å². The van der Waals surface area contributed by atoms with Crippen LogP contribution in [0, 0.1) is 5.92 Å². The van der Waals surface area contributed by atoms with Crippen LogP contribution < -0.4 is 4.74 Å². The number of hydrogen-bond acceptors (Lipinski definition) is 6. The summed E-state index contributed by atoms with van der Waals surface area (Å²) in [5.41, 5.74) is 0.819. The lowest BCUT2D eigenvalue weighted by molar-refractivity contribution is -0.137. The standard InChI is InChI=1S/C20H25N3O5/c1-27-16-7-5-15(6-8-16)20-21-17(28-22-20)9-10-18(24)23-12-2-3-14(13-23)4-11-19(25)26/h5-8,14H,2-4,9-13H2,1H3,(H,25,26). The van der Waals surface area contributed by atoms with Crippen molar-refractivity contribution in [3.63, 3.8) is 0 Å². The van der Waals surface area contributed by atoms with Gasteiger partial charge in [-0.3, -0.25) is 9.59 Å². The smallest absolute Gasteiger partial charge is 0.303 e. The number of carboxylic acids is 1. The molecule has 0 radical (unpaired) electrons. The zero-order chi connectivity index (χ0) is 19.9. The van der Waals surface area contributed by atoms with Gasteiger partial charge in [0.05, 0.1) is 7.11 Å². The summed E-state index contributed by atoms with van der Waals surface area (Å²) in [5, 5.41) is 12.8. The van der Waals surface area contributed by atoms with E-state index in [1.165, 1.54) is 0 Å². The lowest BCUT2D eigenvalue weighted by atomic mass is 9.93. The number of aromatic nitrogens is 2. The number of methoxy groups -OCH3 is 1. The first-order valence-corrected chi connectivity index (χ1v) is 9.51. The summed E-state index contributed by atoms with van der Waals surface area (Å²) in [6.45, 7) is 1.36. The fourth-order valence-corrected chi connectivity index (χ4v) is 3.44. The fourth-order valence-electron chi connectivity index (χ4n) is 3.44. The maximum Gasteiger partial charge on any atom is 0.303 e. The van der Waals surface area contributed by atoms with Crippen LogP contribution in [0.1, 0.15) is 38.0 Å². The molecule has 0 bridgehead atoms. The summed E-state index contributed by atoms with van der Waals surface area (Å²) < 4.78 is 10.4. The van der Waals surface area contributed by atoms with Gasteiger partial charge in [-0.2, -0.15) is 4.98 Å². The number of piperidine rings is 1. The number of carbonyl (C=O) groups excluding carboxylic acids is 1. The Hall–Kier alpha value is -2.90. The molecule has 1 unspecified atom stereocenters. The van der Waals surface area contributed by atoms with Crippen LogP contribution in [0.25, 0.3) is 11.4 Å². The number of nitrogens with zero attached hydrogens (tertiary/aromatic N) is 3. The molecule has 3 rings (SSSR count). The molecule has 1 atom stereocenters. The predicted octanol–water partition coefficient (Wildman–Crippen LogP) is 2.78. The molecule has 1 aromatic carbocycles. The Morgan fingerprint density at radius 3 is 2.79 bits per heavy atom. The first-order chi connectivity index (χ1) is 13.5. The number of benzene rings is 1. The van der Waals surface area contributed by atoms with Crippen molar-refractivity contribution in [1.82, 2.24) is 15.0 Å². The average Bonchev–Trinajstić information content (AvgIpc) is 3.20. The molecule has 2 heterocycles. The minimum atomic E-state index is -0.785. The average molecular weight is 387 g/mol. The van der Waals surface area contributed by atoms with E-state index in [4.69, 9.17) is 14.4 Å². The van der Waals surface area contributed by atoms with Gasteiger partial charge in [0, 0.05) is 37.9 Å². The van der Waals surface area contributed by atoms with E-state index in [0.29, 0.717) is 37.5 Å². The van der Waals surface area contributed by atoms with Crippen LogP contribution in [-0.4, -0.2) is 52.2 Å². The Labute approximate surface area is 163 Å². The quantitative estimate of drug-likeness (QED) is 0.742. The lowest BCUT2D eigenvalue weighted by Gasteiger charge is -2.32. The van der Waals surface area contributed by atoms with E-state index in [-0.39, 0.29) is 18.2 Å². The third-order valence-electron chi connectivity index (χ3n) is 5.01. The van der Waals surface area contributed by atoms with Crippen molar-refractivity contribution >= 4 is 11.9 Å². The van der Waals surface area contributed by atoms with E-state index in [0.717, 1.165) is 30.7 Å². The first-order valence-electron chi connectivity index (χ1n) is 9.51. The second-order valence-corrected chi connectivity index (χ2v) is 7.02. The van der Waals surface area contributed by atoms with E-state index >= 15 is 0 Å². The summed E-state index contributed by atoms with van der Waals surface area (Å²) in [6, 6.07) is 7.35. The molecule has 1 aromatic heterocycles. The molecule has 8 heteroatoms. The number of hydrogen-bond donors (Lipinski definition) is 1. The van der Waals surface area contributed by atoms with Crippen molar-refractivity contribution in [3.05, 3.63) is 30.2 Å². The van der Waals surface area contributed by atoms with Gasteiger partial charge >= 0.3 is 5.97 Å². The number of carbonyl (C=O) groups is 2. The topological polar surface area (TPSA) is 106 Å². The summed E-state index contributed by atoms with van der Waals surface area (Å²) in [4.78, 5) is 29.4. The van der Waals surface area contributed by atoms with Crippen LogP contribution in [0.2, 0.25) is 0 Å². The van der Waals surface area contributed by atoms with Crippen molar-refractivity contribution in [2.24, 2.45) is 5.92 Å². The summed E-state index contributed by atoms with van der Waals surface area (Å²) in [5.74, 6) is 1.19. The zero-order valence-electron chi connectivity index (χ0n) is 16.0. The molecule has 1 fully saturated rings. The van der Waals surface area contributed by atoms with Crippen molar-refractivity contribution in [2.75, 3.05) is 20.2 Å². The summed E-state index contributed by atoms with van der Waals surface area (Å²) >= 11 is 0. The van der Waals surface area contributed by atoms with Crippen molar-refractivity contribution < 1.29 is 24.0 Å². The zero-order valence-corrected chi connectivity index (χ0v) is 16.0. The van der Waals surface area contributed by atoms with Gasteiger partial charge in [-0.25, -0.2) is 0 Å². The Morgan fingerprint density at radius 2 is 2.07 bits per heavy atom. The highest BCUT2D eigenvalue weighted by molar-refractivity contribution is 5.76. The SMILES string of the molecule is COc1ccc(-c2noc(CCC(=O)N3CCCC(CCC(=O)O)C3)n2)cc1.